The summed E-state index contributed by atoms with van der Waals surface area (Å²) >= 11 is 0. The first-order valence-electron chi connectivity index (χ1n) is 7.99. The molecular formula is C18H26O2S. The minimum atomic E-state index is -3.22. The molecule has 0 amide bonds. The van der Waals surface area contributed by atoms with Crippen LogP contribution in [0.3, 0.4) is 0 Å². The first-order valence-corrected chi connectivity index (χ1v) is 9.54. The van der Waals surface area contributed by atoms with Crippen molar-refractivity contribution in [3.05, 3.63) is 28.8 Å². The van der Waals surface area contributed by atoms with E-state index in [1.807, 2.05) is 13.0 Å². The molecule has 1 heterocycles. The predicted octanol–water partition coefficient (Wildman–Crippen LogP) is 4.07. The van der Waals surface area contributed by atoms with E-state index in [0.717, 1.165) is 30.4 Å². The molecular weight excluding hydrogens is 280 g/mol. The summed E-state index contributed by atoms with van der Waals surface area (Å²) in [6, 6.07) is 4.10. The number of rotatable bonds is 0. The standard InChI is InChI=1S/C18H26O2S/c1-11-6-13(3)16-15(8-11)10-18(5)9-12(2)7-14(4)17(18)21(16,19)20/h6,8,12,14,17H,7,9-10H2,1-5H3. The maximum absolute atomic E-state index is 13.3. The smallest absolute Gasteiger partial charge is 0.182 e. The van der Waals surface area contributed by atoms with Crippen LogP contribution in [-0.4, -0.2) is 13.7 Å². The summed E-state index contributed by atoms with van der Waals surface area (Å²) in [5, 5.41) is -0.213. The van der Waals surface area contributed by atoms with Crippen molar-refractivity contribution in [1.82, 2.24) is 0 Å². The zero-order valence-corrected chi connectivity index (χ0v) is 14.5. The fourth-order valence-electron chi connectivity index (χ4n) is 5.44. The SMILES string of the molecule is Cc1cc(C)c2c(c1)CC1(C)CC(C)CC(C)C1S2(=O)=O. The largest absolute Gasteiger partial charge is 0.223 e. The fourth-order valence-corrected chi connectivity index (χ4v) is 8.35. The van der Waals surface area contributed by atoms with Crippen LogP contribution in [0.5, 0.6) is 0 Å². The Morgan fingerprint density at radius 1 is 1.19 bits per heavy atom. The number of hydrogen-bond acceptors (Lipinski definition) is 2. The number of sulfone groups is 1. The lowest BCUT2D eigenvalue weighted by molar-refractivity contribution is 0.123. The van der Waals surface area contributed by atoms with Gasteiger partial charge in [0.05, 0.1) is 10.1 Å². The third-order valence-electron chi connectivity index (χ3n) is 5.50. The van der Waals surface area contributed by atoms with Gasteiger partial charge in [-0.15, -0.1) is 0 Å². The third-order valence-corrected chi connectivity index (χ3v) is 8.36. The summed E-state index contributed by atoms with van der Waals surface area (Å²) in [6.07, 6.45) is 2.96. The van der Waals surface area contributed by atoms with Gasteiger partial charge >= 0.3 is 0 Å². The van der Waals surface area contributed by atoms with Gasteiger partial charge in [0.25, 0.3) is 0 Å². The first-order chi connectivity index (χ1) is 9.65. The molecule has 0 spiro atoms. The molecule has 116 valence electrons. The van der Waals surface area contributed by atoms with Gasteiger partial charge in [-0.05, 0) is 61.5 Å². The average molecular weight is 306 g/mol. The average Bonchev–Trinajstić information content (AvgIpc) is 2.22. The predicted molar refractivity (Wildman–Crippen MR) is 86.3 cm³/mol. The Balaban J connectivity index is 2.26. The second-order valence-electron chi connectivity index (χ2n) is 7.89. The molecule has 4 unspecified atom stereocenters. The van der Waals surface area contributed by atoms with Crippen molar-refractivity contribution < 1.29 is 8.42 Å². The zero-order chi connectivity index (χ0) is 15.6. The highest BCUT2D eigenvalue weighted by Gasteiger charge is 2.54. The summed E-state index contributed by atoms with van der Waals surface area (Å²) in [5.74, 6) is 0.863. The second kappa shape index (κ2) is 4.58. The van der Waals surface area contributed by atoms with Gasteiger partial charge in [0.15, 0.2) is 9.84 Å². The Bertz CT molecular complexity index is 689. The van der Waals surface area contributed by atoms with Crippen LogP contribution in [-0.2, 0) is 16.3 Å². The van der Waals surface area contributed by atoms with E-state index in [9.17, 15) is 8.42 Å². The van der Waals surface area contributed by atoms with Crippen LogP contribution in [0.25, 0.3) is 0 Å². The molecule has 4 atom stereocenters. The van der Waals surface area contributed by atoms with Crippen molar-refractivity contribution in [1.29, 1.82) is 0 Å². The number of aryl methyl sites for hydroxylation is 2. The molecule has 1 aliphatic carbocycles. The molecule has 0 bridgehead atoms. The minimum Gasteiger partial charge on any atom is -0.223 e. The number of hydrogen-bond donors (Lipinski definition) is 0. The Morgan fingerprint density at radius 2 is 1.86 bits per heavy atom. The van der Waals surface area contributed by atoms with Gasteiger partial charge in [0, 0.05) is 0 Å². The maximum atomic E-state index is 13.3. The van der Waals surface area contributed by atoms with Crippen LogP contribution >= 0.6 is 0 Å². The van der Waals surface area contributed by atoms with E-state index in [2.05, 4.69) is 33.8 Å². The van der Waals surface area contributed by atoms with Gasteiger partial charge in [-0.3, -0.25) is 0 Å². The summed E-state index contributed by atoms with van der Waals surface area (Å²) in [5.41, 5.74) is 3.04. The van der Waals surface area contributed by atoms with E-state index < -0.39 is 9.84 Å². The van der Waals surface area contributed by atoms with Gasteiger partial charge in [0.2, 0.25) is 0 Å². The third kappa shape index (κ3) is 2.16. The van der Waals surface area contributed by atoms with E-state index in [0.29, 0.717) is 10.8 Å². The quantitative estimate of drug-likeness (QED) is 0.724. The van der Waals surface area contributed by atoms with Crippen LogP contribution in [0, 0.1) is 31.1 Å². The van der Waals surface area contributed by atoms with E-state index in [4.69, 9.17) is 0 Å². The van der Waals surface area contributed by atoms with E-state index >= 15 is 0 Å². The molecule has 1 fully saturated rings. The molecule has 2 nitrogen and oxygen atoms in total. The summed E-state index contributed by atoms with van der Waals surface area (Å²) < 4.78 is 26.6. The molecule has 3 heteroatoms. The lowest BCUT2D eigenvalue weighted by atomic mass is 9.64. The van der Waals surface area contributed by atoms with Crippen molar-refractivity contribution in [2.75, 3.05) is 0 Å². The van der Waals surface area contributed by atoms with Crippen LogP contribution in [0.15, 0.2) is 17.0 Å². The molecule has 0 radical (unpaired) electrons. The molecule has 1 aliphatic heterocycles. The zero-order valence-electron chi connectivity index (χ0n) is 13.7. The summed E-state index contributed by atoms with van der Waals surface area (Å²) in [6.45, 7) is 10.6. The molecule has 0 aromatic heterocycles. The molecule has 0 N–H and O–H groups in total. The van der Waals surface area contributed by atoms with Crippen LogP contribution in [0.4, 0.5) is 0 Å². The molecule has 1 aromatic carbocycles. The minimum absolute atomic E-state index is 0.108. The molecule has 3 rings (SSSR count). The fraction of sp³-hybridized carbons (Fsp3) is 0.667. The van der Waals surface area contributed by atoms with Crippen LogP contribution in [0.2, 0.25) is 0 Å². The topological polar surface area (TPSA) is 34.1 Å². The highest BCUT2D eigenvalue weighted by Crippen LogP contribution is 2.53. The molecule has 1 saturated carbocycles. The van der Waals surface area contributed by atoms with Crippen molar-refractivity contribution in [2.45, 2.75) is 64.0 Å². The van der Waals surface area contributed by atoms with Crippen molar-refractivity contribution >= 4 is 9.84 Å². The Morgan fingerprint density at radius 3 is 2.52 bits per heavy atom. The first kappa shape index (κ1) is 15.1. The van der Waals surface area contributed by atoms with E-state index in [-0.39, 0.29) is 16.6 Å². The van der Waals surface area contributed by atoms with Gasteiger partial charge in [-0.1, -0.05) is 38.5 Å². The van der Waals surface area contributed by atoms with Crippen molar-refractivity contribution in [3.63, 3.8) is 0 Å². The molecule has 21 heavy (non-hydrogen) atoms. The van der Waals surface area contributed by atoms with E-state index in [1.54, 1.807) is 0 Å². The number of fused-ring (bicyclic) bond motifs is 2. The van der Waals surface area contributed by atoms with Gasteiger partial charge < -0.3 is 0 Å². The number of benzene rings is 1. The molecule has 1 aromatic rings. The lowest BCUT2D eigenvalue weighted by Gasteiger charge is -2.50. The Hall–Kier alpha value is -0.830. The van der Waals surface area contributed by atoms with Gasteiger partial charge in [0.1, 0.15) is 0 Å². The monoisotopic (exact) mass is 306 g/mol. The van der Waals surface area contributed by atoms with Crippen molar-refractivity contribution in [2.24, 2.45) is 17.3 Å². The normalized spacial score (nSPS) is 37.7. The summed E-state index contributed by atoms with van der Waals surface area (Å²) in [4.78, 5) is 0.636. The summed E-state index contributed by atoms with van der Waals surface area (Å²) in [7, 11) is -3.22. The highest BCUT2D eigenvalue weighted by molar-refractivity contribution is 7.92. The molecule has 2 aliphatic rings. The second-order valence-corrected chi connectivity index (χ2v) is 9.89. The Kier molecular flexibility index (Phi) is 3.29. The maximum Gasteiger partial charge on any atom is 0.182 e. The van der Waals surface area contributed by atoms with Gasteiger partial charge in [-0.25, -0.2) is 8.42 Å². The van der Waals surface area contributed by atoms with Gasteiger partial charge in [-0.2, -0.15) is 0 Å². The van der Waals surface area contributed by atoms with Crippen LogP contribution in [0.1, 0.15) is 50.3 Å². The Labute approximate surface area is 128 Å². The van der Waals surface area contributed by atoms with Crippen molar-refractivity contribution in [3.8, 4) is 0 Å². The molecule has 0 saturated heterocycles. The van der Waals surface area contributed by atoms with Crippen LogP contribution < -0.4 is 0 Å². The van der Waals surface area contributed by atoms with E-state index in [1.165, 1.54) is 5.56 Å². The lowest BCUT2D eigenvalue weighted by Crippen LogP contribution is -2.52. The highest BCUT2D eigenvalue weighted by atomic mass is 32.2.